The van der Waals surface area contributed by atoms with Crippen molar-refractivity contribution in [1.82, 2.24) is 4.90 Å². The Labute approximate surface area is 124 Å². The second-order valence-electron chi connectivity index (χ2n) is 7.20. The molecule has 118 valence electrons. The lowest BCUT2D eigenvalue weighted by atomic mass is 9.92. The zero-order valence-electron chi connectivity index (χ0n) is 13.7. The molecule has 0 bridgehead atoms. The molecule has 4 nitrogen and oxygen atoms in total. The maximum absolute atomic E-state index is 12.1. The van der Waals surface area contributed by atoms with Gasteiger partial charge in [-0.2, -0.15) is 0 Å². The van der Waals surface area contributed by atoms with E-state index < -0.39 is 5.60 Å². The van der Waals surface area contributed by atoms with Gasteiger partial charge >= 0.3 is 6.09 Å². The van der Waals surface area contributed by atoms with Crippen molar-refractivity contribution in [1.29, 1.82) is 0 Å². The predicted octanol–water partition coefficient (Wildman–Crippen LogP) is 3.54. The van der Waals surface area contributed by atoms with Crippen molar-refractivity contribution in [2.45, 2.75) is 77.9 Å². The molecule has 0 aromatic rings. The van der Waals surface area contributed by atoms with E-state index in [1.54, 1.807) is 0 Å². The summed E-state index contributed by atoms with van der Waals surface area (Å²) >= 11 is 0. The molecule has 0 aromatic heterocycles. The van der Waals surface area contributed by atoms with E-state index in [0.29, 0.717) is 12.0 Å². The van der Waals surface area contributed by atoms with Gasteiger partial charge in [-0.15, -0.1) is 0 Å². The number of carbonyl (C=O) groups excluding carboxylic acids is 1. The van der Waals surface area contributed by atoms with Gasteiger partial charge in [-0.25, -0.2) is 4.79 Å². The van der Waals surface area contributed by atoms with Crippen molar-refractivity contribution in [2.75, 3.05) is 13.1 Å². The normalized spacial score (nSPS) is 21.6. The van der Waals surface area contributed by atoms with Gasteiger partial charge in [0, 0.05) is 19.1 Å². The number of carbonyl (C=O) groups is 1. The average Bonchev–Trinajstić information content (AvgIpc) is 2.33. The first kappa shape index (κ1) is 17.3. The maximum Gasteiger partial charge on any atom is 0.410 e. The fraction of sp³-hybridized carbons (Fsp3) is 0.938. The van der Waals surface area contributed by atoms with Crippen LogP contribution in [0.4, 0.5) is 4.79 Å². The summed E-state index contributed by atoms with van der Waals surface area (Å²) in [4.78, 5) is 13.9. The first-order valence-electron chi connectivity index (χ1n) is 8.01. The number of likely N-dealkylation sites (tertiary alicyclic amines) is 1. The van der Waals surface area contributed by atoms with E-state index in [9.17, 15) is 4.79 Å². The summed E-state index contributed by atoms with van der Waals surface area (Å²) in [6, 6.07) is 0.305. The molecule has 0 radical (unpaired) electrons. The van der Waals surface area contributed by atoms with Crippen molar-refractivity contribution >= 4 is 6.09 Å². The number of piperidine rings is 1. The Morgan fingerprint density at radius 1 is 1.40 bits per heavy atom. The first-order valence-corrected chi connectivity index (χ1v) is 8.01. The van der Waals surface area contributed by atoms with Gasteiger partial charge in [0.05, 0.1) is 0 Å². The second-order valence-corrected chi connectivity index (χ2v) is 7.20. The van der Waals surface area contributed by atoms with Gasteiger partial charge in [0.25, 0.3) is 0 Å². The Balaban J connectivity index is 2.29. The largest absolute Gasteiger partial charge is 0.444 e. The SMILES string of the molecule is C[C@@H](N)CCCCC1CCCN(C(=O)OC(C)(C)C)C1. The van der Waals surface area contributed by atoms with Gasteiger partial charge in [0.15, 0.2) is 0 Å². The standard InChI is InChI=1S/C16H32N2O2/c1-13(17)8-5-6-9-14-10-7-11-18(12-14)15(19)20-16(2,3)4/h13-14H,5-12,17H2,1-4H3/t13-,14?/m1/s1. The van der Waals surface area contributed by atoms with Crippen molar-refractivity contribution in [3.05, 3.63) is 0 Å². The Morgan fingerprint density at radius 3 is 2.70 bits per heavy atom. The van der Waals surface area contributed by atoms with Crippen LogP contribution in [0.5, 0.6) is 0 Å². The molecular weight excluding hydrogens is 252 g/mol. The predicted molar refractivity (Wildman–Crippen MR) is 82.6 cm³/mol. The molecule has 4 heteroatoms. The number of amides is 1. The van der Waals surface area contributed by atoms with E-state index in [1.807, 2.05) is 25.7 Å². The topological polar surface area (TPSA) is 55.6 Å². The third kappa shape index (κ3) is 7.13. The molecule has 20 heavy (non-hydrogen) atoms. The van der Waals surface area contributed by atoms with Crippen LogP contribution in [0.3, 0.4) is 0 Å². The zero-order chi connectivity index (χ0) is 15.2. The van der Waals surface area contributed by atoms with Gasteiger partial charge in [-0.3, -0.25) is 0 Å². The van der Waals surface area contributed by atoms with Crippen LogP contribution in [-0.2, 0) is 4.74 Å². The van der Waals surface area contributed by atoms with E-state index in [0.717, 1.165) is 25.9 Å². The summed E-state index contributed by atoms with van der Waals surface area (Å²) in [7, 11) is 0. The molecule has 0 spiro atoms. The monoisotopic (exact) mass is 284 g/mol. The van der Waals surface area contributed by atoms with Gasteiger partial charge < -0.3 is 15.4 Å². The highest BCUT2D eigenvalue weighted by Crippen LogP contribution is 2.23. The Morgan fingerprint density at radius 2 is 2.10 bits per heavy atom. The van der Waals surface area contributed by atoms with Crippen molar-refractivity contribution in [3.63, 3.8) is 0 Å². The Kier molecular flexibility index (Phi) is 6.80. The molecule has 0 aromatic carbocycles. The highest BCUT2D eigenvalue weighted by Gasteiger charge is 2.27. The lowest BCUT2D eigenvalue weighted by Crippen LogP contribution is -2.42. The molecule has 2 N–H and O–H groups in total. The molecule has 1 rings (SSSR count). The fourth-order valence-corrected chi connectivity index (χ4v) is 2.69. The summed E-state index contributed by atoms with van der Waals surface area (Å²) in [5.41, 5.74) is 5.36. The van der Waals surface area contributed by atoms with E-state index >= 15 is 0 Å². The van der Waals surface area contributed by atoms with Gasteiger partial charge in [-0.05, 0) is 59.3 Å². The lowest BCUT2D eigenvalue weighted by Gasteiger charge is -2.34. The lowest BCUT2D eigenvalue weighted by molar-refractivity contribution is 0.0160. The van der Waals surface area contributed by atoms with Gasteiger partial charge in [0.1, 0.15) is 5.60 Å². The molecule has 1 aliphatic heterocycles. The van der Waals surface area contributed by atoms with Crippen LogP contribution in [0.15, 0.2) is 0 Å². The van der Waals surface area contributed by atoms with E-state index in [-0.39, 0.29) is 6.09 Å². The van der Waals surface area contributed by atoms with Crippen LogP contribution in [0, 0.1) is 5.92 Å². The molecule has 0 saturated carbocycles. The summed E-state index contributed by atoms with van der Waals surface area (Å²) in [5, 5.41) is 0. The summed E-state index contributed by atoms with van der Waals surface area (Å²) in [6.07, 6.45) is 6.89. The Hall–Kier alpha value is -0.770. The smallest absolute Gasteiger partial charge is 0.410 e. The van der Waals surface area contributed by atoms with Crippen LogP contribution < -0.4 is 5.73 Å². The van der Waals surface area contributed by atoms with Crippen LogP contribution in [0.2, 0.25) is 0 Å². The highest BCUT2D eigenvalue weighted by atomic mass is 16.6. The molecule has 1 fully saturated rings. The molecule has 0 aliphatic carbocycles. The summed E-state index contributed by atoms with van der Waals surface area (Å²) in [6.45, 7) is 9.50. The quantitative estimate of drug-likeness (QED) is 0.786. The zero-order valence-corrected chi connectivity index (χ0v) is 13.7. The third-order valence-electron chi connectivity index (χ3n) is 3.69. The second kappa shape index (κ2) is 7.87. The summed E-state index contributed by atoms with van der Waals surface area (Å²) in [5.74, 6) is 0.629. The number of hydrogen-bond acceptors (Lipinski definition) is 3. The van der Waals surface area contributed by atoms with Crippen LogP contribution in [0.1, 0.15) is 66.2 Å². The minimum absolute atomic E-state index is 0.155. The number of hydrogen-bond donors (Lipinski definition) is 1. The molecule has 1 saturated heterocycles. The third-order valence-corrected chi connectivity index (χ3v) is 3.69. The Bertz CT molecular complexity index is 297. The molecule has 1 amide bonds. The van der Waals surface area contributed by atoms with Crippen LogP contribution in [0.25, 0.3) is 0 Å². The number of nitrogens with two attached hydrogens (primary N) is 1. The van der Waals surface area contributed by atoms with E-state index in [2.05, 4.69) is 6.92 Å². The number of ether oxygens (including phenoxy) is 1. The van der Waals surface area contributed by atoms with Crippen molar-refractivity contribution in [3.8, 4) is 0 Å². The van der Waals surface area contributed by atoms with Crippen LogP contribution >= 0.6 is 0 Å². The fourth-order valence-electron chi connectivity index (χ4n) is 2.69. The molecule has 1 unspecified atom stereocenters. The molecule has 1 aliphatic rings. The van der Waals surface area contributed by atoms with Crippen molar-refractivity contribution in [2.24, 2.45) is 11.7 Å². The van der Waals surface area contributed by atoms with Crippen molar-refractivity contribution < 1.29 is 9.53 Å². The number of rotatable bonds is 5. The molecule has 1 heterocycles. The van der Waals surface area contributed by atoms with E-state index in [1.165, 1.54) is 25.7 Å². The number of unbranched alkanes of at least 4 members (excludes halogenated alkanes) is 1. The average molecular weight is 284 g/mol. The highest BCUT2D eigenvalue weighted by molar-refractivity contribution is 5.68. The molecule has 2 atom stereocenters. The minimum atomic E-state index is -0.401. The summed E-state index contributed by atoms with van der Waals surface area (Å²) < 4.78 is 5.45. The van der Waals surface area contributed by atoms with Gasteiger partial charge in [-0.1, -0.05) is 12.8 Å². The number of nitrogens with zero attached hydrogens (tertiary/aromatic N) is 1. The first-order chi connectivity index (χ1) is 9.28. The van der Waals surface area contributed by atoms with Crippen LogP contribution in [-0.4, -0.2) is 35.7 Å². The van der Waals surface area contributed by atoms with Gasteiger partial charge in [0.2, 0.25) is 0 Å². The molecular formula is C16H32N2O2. The maximum atomic E-state index is 12.1. The van der Waals surface area contributed by atoms with E-state index in [4.69, 9.17) is 10.5 Å². The minimum Gasteiger partial charge on any atom is -0.444 e.